The summed E-state index contributed by atoms with van der Waals surface area (Å²) >= 11 is 0. The van der Waals surface area contributed by atoms with Gasteiger partial charge in [0.1, 0.15) is 5.72 Å². The molecule has 0 saturated carbocycles. The molecule has 0 aliphatic carbocycles. The summed E-state index contributed by atoms with van der Waals surface area (Å²) in [6.07, 6.45) is 3.24. The zero-order valence-electron chi connectivity index (χ0n) is 5.73. The molecule has 4 nitrogen and oxygen atoms in total. The lowest BCUT2D eigenvalue weighted by Gasteiger charge is -2.01. The summed E-state index contributed by atoms with van der Waals surface area (Å²) in [4.78, 5) is 3.75. The van der Waals surface area contributed by atoms with Crippen LogP contribution >= 0.6 is 0 Å². The zero-order chi connectivity index (χ0) is 7.56. The number of hydrogen-bond acceptors (Lipinski definition) is 3. The molecule has 0 saturated heterocycles. The Bertz CT molecular complexity index is 211. The fourth-order valence-electron chi connectivity index (χ4n) is 0.823. The normalized spacial score (nSPS) is 9.90. The Morgan fingerprint density at radius 1 is 1.70 bits per heavy atom. The molecule has 1 aromatic rings. The van der Waals surface area contributed by atoms with Gasteiger partial charge in [-0.25, -0.2) is 4.98 Å². The van der Waals surface area contributed by atoms with Crippen LogP contribution in [0.1, 0.15) is 6.92 Å². The molecule has 0 aromatic carbocycles. The molecule has 0 amide bonds. The quantitative estimate of drug-likeness (QED) is 0.495. The van der Waals surface area contributed by atoms with Crippen molar-refractivity contribution in [2.24, 2.45) is 0 Å². The first-order chi connectivity index (χ1) is 4.75. The van der Waals surface area contributed by atoms with Crippen molar-refractivity contribution in [1.29, 1.82) is 0 Å². The summed E-state index contributed by atoms with van der Waals surface area (Å²) < 4.78 is 1.67. The molecule has 1 aromatic heterocycles. The fourth-order valence-corrected chi connectivity index (χ4v) is 0.823. The topological polar surface area (TPSA) is 58.3 Å². The minimum atomic E-state index is -1.46. The van der Waals surface area contributed by atoms with Gasteiger partial charge in [-0.3, -0.25) is 0 Å². The summed E-state index contributed by atoms with van der Waals surface area (Å²) in [5.74, 6) is 0. The Morgan fingerprint density at radius 3 is 2.80 bits per heavy atom. The van der Waals surface area contributed by atoms with Crippen molar-refractivity contribution in [2.75, 3.05) is 0 Å². The summed E-state index contributed by atoms with van der Waals surface area (Å²) in [6.45, 7) is 2.61. The Hall–Kier alpha value is -0.805. The fraction of sp³-hybridized carbons (Fsp3) is 0.400. The van der Waals surface area contributed by atoms with Gasteiger partial charge in [0.25, 0.3) is 0 Å². The molecule has 0 atom stereocenters. The molecule has 0 aliphatic rings. The van der Waals surface area contributed by atoms with Crippen LogP contribution in [0.5, 0.6) is 0 Å². The van der Waals surface area contributed by atoms with Crippen LogP contribution in [-0.4, -0.2) is 26.7 Å². The van der Waals surface area contributed by atoms with E-state index in [0.29, 0.717) is 12.3 Å². The lowest BCUT2D eigenvalue weighted by molar-refractivity contribution is 0.420. The Kier molecular flexibility index (Phi) is 2.08. The van der Waals surface area contributed by atoms with Crippen LogP contribution in [0.15, 0.2) is 12.4 Å². The van der Waals surface area contributed by atoms with Gasteiger partial charge >= 0.3 is 7.12 Å². The summed E-state index contributed by atoms with van der Waals surface area (Å²) in [7, 11) is -1.46. The van der Waals surface area contributed by atoms with Crippen molar-refractivity contribution < 1.29 is 10.0 Å². The average molecular weight is 140 g/mol. The third kappa shape index (κ3) is 1.20. The molecule has 0 unspecified atom stereocenters. The van der Waals surface area contributed by atoms with Crippen LogP contribution < -0.4 is 5.72 Å². The molecule has 0 fully saturated rings. The number of aromatic nitrogens is 2. The number of nitrogens with zero attached hydrogens (tertiary/aromatic N) is 2. The molecule has 2 N–H and O–H groups in total. The van der Waals surface area contributed by atoms with Crippen molar-refractivity contribution >= 4 is 12.8 Å². The van der Waals surface area contributed by atoms with Crippen molar-refractivity contribution in [3.63, 3.8) is 0 Å². The van der Waals surface area contributed by atoms with Crippen LogP contribution in [0.2, 0.25) is 0 Å². The maximum Gasteiger partial charge on any atom is 0.526 e. The lowest BCUT2D eigenvalue weighted by Crippen LogP contribution is -2.37. The van der Waals surface area contributed by atoms with E-state index in [1.807, 2.05) is 6.92 Å². The average Bonchev–Trinajstić information content (AvgIpc) is 2.33. The minimum Gasteiger partial charge on any atom is -0.421 e. The first kappa shape index (κ1) is 7.30. The van der Waals surface area contributed by atoms with Crippen molar-refractivity contribution in [3.05, 3.63) is 12.4 Å². The first-order valence-corrected chi connectivity index (χ1v) is 3.13. The van der Waals surface area contributed by atoms with E-state index in [1.165, 1.54) is 6.20 Å². The summed E-state index contributed by atoms with van der Waals surface area (Å²) in [6, 6.07) is 0. The number of rotatable bonds is 2. The molecule has 1 rings (SSSR count). The number of aryl methyl sites for hydroxylation is 1. The number of hydrogen-bond donors (Lipinski definition) is 2. The van der Waals surface area contributed by atoms with E-state index < -0.39 is 7.12 Å². The maximum absolute atomic E-state index is 8.70. The highest BCUT2D eigenvalue weighted by Crippen LogP contribution is 1.82. The van der Waals surface area contributed by atoms with E-state index in [1.54, 1.807) is 10.8 Å². The van der Waals surface area contributed by atoms with Crippen molar-refractivity contribution in [3.8, 4) is 0 Å². The molecule has 0 spiro atoms. The Labute approximate surface area is 59.3 Å². The van der Waals surface area contributed by atoms with Crippen LogP contribution in [0.25, 0.3) is 0 Å². The zero-order valence-corrected chi connectivity index (χ0v) is 5.73. The second-order valence-electron chi connectivity index (χ2n) is 1.95. The summed E-state index contributed by atoms with van der Waals surface area (Å²) in [5.41, 5.74) is 0.294. The van der Waals surface area contributed by atoms with Crippen LogP contribution in [0, 0.1) is 0 Å². The van der Waals surface area contributed by atoms with E-state index in [9.17, 15) is 0 Å². The molecule has 10 heavy (non-hydrogen) atoms. The van der Waals surface area contributed by atoms with Crippen molar-refractivity contribution in [2.45, 2.75) is 13.5 Å². The van der Waals surface area contributed by atoms with E-state index >= 15 is 0 Å². The molecule has 0 bridgehead atoms. The second-order valence-corrected chi connectivity index (χ2v) is 1.95. The number of imidazole rings is 1. The van der Waals surface area contributed by atoms with Gasteiger partial charge in [-0.1, -0.05) is 0 Å². The predicted molar refractivity (Wildman–Crippen MR) is 37.7 cm³/mol. The highest BCUT2D eigenvalue weighted by molar-refractivity contribution is 6.56. The third-order valence-electron chi connectivity index (χ3n) is 1.32. The molecular formula is C5H9BN2O2. The molecule has 0 radical (unpaired) electrons. The summed E-state index contributed by atoms with van der Waals surface area (Å²) in [5, 5.41) is 17.4. The largest absolute Gasteiger partial charge is 0.526 e. The molecular weight excluding hydrogens is 131 g/mol. The molecule has 54 valence electrons. The molecule has 5 heteroatoms. The van der Waals surface area contributed by atoms with E-state index in [-0.39, 0.29) is 0 Å². The highest BCUT2D eigenvalue weighted by atomic mass is 16.4. The van der Waals surface area contributed by atoms with Gasteiger partial charge in [0.15, 0.2) is 0 Å². The Balaban J connectivity index is 2.90. The standard InChI is InChI=1S/C5H9BN2O2/c1-2-8-4-3-7-5(8)6(9)10/h3-4,9-10H,2H2,1H3. The monoisotopic (exact) mass is 140 g/mol. The van der Waals surface area contributed by atoms with Gasteiger partial charge < -0.3 is 14.6 Å². The minimum absolute atomic E-state index is 0.294. The van der Waals surface area contributed by atoms with Gasteiger partial charge in [0.2, 0.25) is 0 Å². The Morgan fingerprint density at radius 2 is 2.40 bits per heavy atom. The molecule has 1 heterocycles. The van der Waals surface area contributed by atoms with E-state index in [0.717, 1.165) is 0 Å². The SMILES string of the molecule is CCn1ccnc1B(O)O. The van der Waals surface area contributed by atoms with E-state index in [4.69, 9.17) is 10.0 Å². The predicted octanol–water partition coefficient (Wildman–Crippen LogP) is -1.42. The smallest absolute Gasteiger partial charge is 0.421 e. The second kappa shape index (κ2) is 2.85. The van der Waals surface area contributed by atoms with Gasteiger partial charge in [0, 0.05) is 18.9 Å². The van der Waals surface area contributed by atoms with Crippen LogP contribution in [-0.2, 0) is 6.54 Å². The third-order valence-corrected chi connectivity index (χ3v) is 1.32. The van der Waals surface area contributed by atoms with Crippen LogP contribution in [0.3, 0.4) is 0 Å². The maximum atomic E-state index is 8.70. The van der Waals surface area contributed by atoms with Gasteiger partial charge in [-0.15, -0.1) is 0 Å². The van der Waals surface area contributed by atoms with E-state index in [2.05, 4.69) is 4.98 Å². The van der Waals surface area contributed by atoms with Crippen LogP contribution in [0.4, 0.5) is 0 Å². The molecule has 0 aliphatic heterocycles. The highest BCUT2D eigenvalue weighted by Gasteiger charge is 2.16. The van der Waals surface area contributed by atoms with Gasteiger partial charge in [-0.2, -0.15) is 0 Å². The first-order valence-electron chi connectivity index (χ1n) is 3.13. The van der Waals surface area contributed by atoms with Crippen molar-refractivity contribution in [1.82, 2.24) is 9.55 Å². The van der Waals surface area contributed by atoms with Gasteiger partial charge in [-0.05, 0) is 6.92 Å². The lowest BCUT2D eigenvalue weighted by atomic mass is 9.91. The van der Waals surface area contributed by atoms with Gasteiger partial charge in [0.05, 0.1) is 0 Å².